The SMILES string of the molecule is CC(C)NCc1ccc(-n2ccc(C3CC3)n2)cc1. The molecule has 0 atom stereocenters. The molecule has 1 aliphatic rings. The van der Waals surface area contributed by atoms with E-state index in [2.05, 4.69) is 60.8 Å². The van der Waals surface area contributed by atoms with E-state index in [1.807, 2.05) is 4.68 Å². The topological polar surface area (TPSA) is 29.9 Å². The van der Waals surface area contributed by atoms with Crippen molar-refractivity contribution in [3.63, 3.8) is 0 Å². The standard InChI is InChI=1S/C16H21N3/c1-12(2)17-11-13-3-7-15(8-4-13)19-10-9-16(18-19)14-5-6-14/h3-4,7-10,12,14,17H,5-6,11H2,1-2H3. The predicted molar refractivity (Wildman–Crippen MR) is 77.5 cm³/mol. The van der Waals surface area contributed by atoms with E-state index in [1.54, 1.807) is 0 Å². The summed E-state index contributed by atoms with van der Waals surface area (Å²) in [5, 5.41) is 8.07. The summed E-state index contributed by atoms with van der Waals surface area (Å²) in [5.74, 6) is 0.718. The van der Waals surface area contributed by atoms with E-state index in [1.165, 1.54) is 24.1 Å². The highest BCUT2D eigenvalue weighted by molar-refractivity contribution is 5.34. The quantitative estimate of drug-likeness (QED) is 0.889. The van der Waals surface area contributed by atoms with E-state index in [0.717, 1.165) is 18.2 Å². The van der Waals surface area contributed by atoms with Crippen LogP contribution in [0, 0.1) is 0 Å². The third kappa shape index (κ3) is 3.04. The molecule has 0 unspecified atom stereocenters. The minimum atomic E-state index is 0.520. The number of benzene rings is 1. The van der Waals surface area contributed by atoms with Crippen LogP contribution in [-0.4, -0.2) is 15.8 Å². The molecular formula is C16H21N3. The van der Waals surface area contributed by atoms with Crippen molar-refractivity contribution in [1.29, 1.82) is 0 Å². The minimum absolute atomic E-state index is 0.520. The number of hydrogen-bond donors (Lipinski definition) is 1. The van der Waals surface area contributed by atoms with Gasteiger partial charge in [-0.1, -0.05) is 26.0 Å². The molecule has 0 amide bonds. The van der Waals surface area contributed by atoms with Gasteiger partial charge in [0, 0.05) is 24.7 Å². The van der Waals surface area contributed by atoms with E-state index >= 15 is 0 Å². The summed E-state index contributed by atoms with van der Waals surface area (Å²) in [6, 6.07) is 11.3. The van der Waals surface area contributed by atoms with E-state index in [9.17, 15) is 0 Å². The van der Waals surface area contributed by atoms with Gasteiger partial charge in [0.05, 0.1) is 11.4 Å². The molecule has 1 aromatic heterocycles. The Balaban J connectivity index is 1.70. The maximum atomic E-state index is 4.65. The van der Waals surface area contributed by atoms with Crippen LogP contribution >= 0.6 is 0 Å². The molecule has 0 aliphatic heterocycles. The number of nitrogens with zero attached hydrogens (tertiary/aromatic N) is 2. The van der Waals surface area contributed by atoms with Gasteiger partial charge in [0.15, 0.2) is 0 Å². The van der Waals surface area contributed by atoms with Crippen LogP contribution in [0.4, 0.5) is 0 Å². The van der Waals surface area contributed by atoms with Crippen molar-refractivity contribution in [2.45, 2.75) is 45.2 Å². The smallest absolute Gasteiger partial charge is 0.0659 e. The van der Waals surface area contributed by atoms with Gasteiger partial charge in [-0.2, -0.15) is 5.10 Å². The largest absolute Gasteiger partial charge is 0.310 e. The van der Waals surface area contributed by atoms with Gasteiger partial charge in [-0.15, -0.1) is 0 Å². The van der Waals surface area contributed by atoms with Crippen LogP contribution in [0.3, 0.4) is 0 Å². The predicted octanol–water partition coefficient (Wildman–Crippen LogP) is 3.25. The highest BCUT2D eigenvalue weighted by atomic mass is 15.3. The molecule has 0 saturated heterocycles. The average molecular weight is 255 g/mol. The summed E-state index contributed by atoms with van der Waals surface area (Å²) in [5.41, 5.74) is 3.69. The summed E-state index contributed by atoms with van der Waals surface area (Å²) < 4.78 is 1.98. The molecule has 0 radical (unpaired) electrons. The third-order valence-electron chi connectivity index (χ3n) is 3.52. The van der Waals surface area contributed by atoms with Gasteiger partial charge in [0.1, 0.15) is 0 Å². The number of rotatable bonds is 5. The van der Waals surface area contributed by atoms with E-state index in [-0.39, 0.29) is 0 Å². The van der Waals surface area contributed by atoms with Gasteiger partial charge in [-0.05, 0) is 36.6 Å². The third-order valence-corrected chi connectivity index (χ3v) is 3.52. The molecule has 0 spiro atoms. The summed E-state index contributed by atoms with van der Waals surface area (Å²) in [7, 11) is 0. The second-order valence-corrected chi connectivity index (χ2v) is 5.66. The van der Waals surface area contributed by atoms with Crippen LogP contribution in [0.15, 0.2) is 36.5 Å². The molecular weight excluding hydrogens is 234 g/mol. The first kappa shape index (κ1) is 12.4. The first-order valence-electron chi connectivity index (χ1n) is 7.10. The first-order chi connectivity index (χ1) is 9.22. The van der Waals surface area contributed by atoms with Gasteiger partial charge in [0.25, 0.3) is 0 Å². The second kappa shape index (κ2) is 5.17. The molecule has 3 nitrogen and oxygen atoms in total. The zero-order valence-electron chi connectivity index (χ0n) is 11.6. The Morgan fingerprint density at radius 2 is 1.95 bits per heavy atom. The molecule has 1 saturated carbocycles. The van der Waals surface area contributed by atoms with Gasteiger partial charge in [-0.25, -0.2) is 4.68 Å². The van der Waals surface area contributed by atoms with Crippen molar-refractivity contribution < 1.29 is 0 Å². The molecule has 3 heteroatoms. The first-order valence-corrected chi connectivity index (χ1v) is 7.10. The number of nitrogens with one attached hydrogen (secondary N) is 1. The Labute approximate surface area is 114 Å². The van der Waals surface area contributed by atoms with Gasteiger partial charge in [0.2, 0.25) is 0 Å². The lowest BCUT2D eigenvalue weighted by molar-refractivity contribution is 0.589. The fourth-order valence-electron chi connectivity index (χ4n) is 2.17. The lowest BCUT2D eigenvalue weighted by Crippen LogP contribution is -2.21. The summed E-state index contributed by atoms with van der Waals surface area (Å²) in [4.78, 5) is 0. The molecule has 3 rings (SSSR count). The van der Waals surface area contributed by atoms with Crippen LogP contribution in [-0.2, 0) is 6.54 Å². The zero-order chi connectivity index (χ0) is 13.2. The normalized spacial score (nSPS) is 15.1. The molecule has 1 fully saturated rings. The Morgan fingerprint density at radius 3 is 2.58 bits per heavy atom. The lowest BCUT2D eigenvalue weighted by atomic mass is 10.2. The molecule has 0 bridgehead atoms. The Morgan fingerprint density at radius 1 is 1.21 bits per heavy atom. The van der Waals surface area contributed by atoms with Gasteiger partial charge in [-0.3, -0.25) is 0 Å². The van der Waals surface area contributed by atoms with E-state index in [4.69, 9.17) is 0 Å². The summed E-state index contributed by atoms with van der Waals surface area (Å²) >= 11 is 0. The maximum absolute atomic E-state index is 4.65. The molecule has 100 valence electrons. The van der Waals surface area contributed by atoms with Gasteiger partial charge < -0.3 is 5.32 Å². The van der Waals surface area contributed by atoms with Crippen molar-refractivity contribution in [2.75, 3.05) is 0 Å². The molecule has 19 heavy (non-hydrogen) atoms. The minimum Gasteiger partial charge on any atom is -0.310 e. The van der Waals surface area contributed by atoms with Crippen LogP contribution in [0.25, 0.3) is 5.69 Å². The fraction of sp³-hybridized carbons (Fsp3) is 0.438. The van der Waals surface area contributed by atoms with Crippen molar-refractivity contribution in [1.82, 2.24) is 15.1 Å². The monoisotopic (exact) mass is 255 g/mol. The highest BCUT2D eigenvalue weighted by Gasteiger charge is 2.25. The Hall–Kier alpha value is -1.61. The highest BCUT2D eigenvalue weighted by Crippen LogP contribution is 2.38. The average Bonchev–Trinajstić information content (AvgIpc) is 3.15. The molecule has 1 heterocycles. The van der Waals surface area contributed by atoms with Crippen LogP contribution < -0.4 is 5.32 Å². The van der Waals surface area contributed by atoms with Crippen LogP contribution in [0.2, 0.25) is 0 Å². The molecule has 2 aromatic rings. The molecule has 1 aliphatic carbocycles. The number of aromatic nitrogens is 2. The van der Waals surface area contributed by atoms with Gasteiger partial charge >= 0.3 is 0 Å². The van der Waals surface area contributed by atoms with Crippen molar-refractivity contribution >= 4 is 0 Å². The lowest BCUT2D eigenvalue weighted by Gasteiger charge is -2.08. The summed E-state index contributed by atoms with van der Waals surface area (Å²) in [6.07, 6.45) is 4.67. The second-order valence-electron chi connectivity index (χ2n) is 5.66. The Kier molecular flexibility index (Phi) is 3.38. The van der Waals surface area contributed by atoms with Crippen molar-refractivity contribution in [2.24, 2.45) is 0 Å². The molecule has 1 N–H and O–H groups in total. The van der Waals surface area contributed by atoms with Crippen LogP contribution in [0.1, 0.15) is 43.9 Å². The molecule has 1 aromatic carbocycles. The van der Waals surface area contributed by atoms with Crippen molar-refractivity contribution in [3.05, 3.63) is 47.8 Å². The van der Waals surface area contributed by atoms with Crippen molar-refractivity contribution in [3.8, 4) is 5.69 Å². The summed E-state index contributed by atoms with van der Waals surface area (Å²) in [6.45, 7) is 5.25. The fourth-order valence-corrected chi connectivity index (χ4v) is 2.17. The number of hydrogen-bond acceptors (Lipinski definition) is 2. The van der Waals surface area contributed by atoms with Crippen LogP contribution in [0.5, 0.6) is 0 Å². The Bertz CT molecular complexity index is 535. The van der Waals surface area contributed by atoms with E-state index < -0.39 is 0 Å². The maximum Gasteiger partial charge on any atom is 0.0659 e. The zero-order valence-corrected chi connectivity index (χ0v) is 11.6. The van der Waals surface area contributed by atoms with E-state index in [0.29, 0.717) is 6.04 Å².